The van der Waals surface area contributed by atoms with E-state index in [1.54, 1.807) is 18.2 Å². The Hall–Kier alpha value is -3.25. The smallest absolute Gasteiger partial charge is 0.123 e. The Kier molecular flexibility index (Phi) is 9.80. The second-order valence-electron chi connectivity index (χ2n) is 4.78. The SMILES string of the molecule is C#C.C=O.Cc1ccc(O)c2ccccc12.Cc1ccc(O)cc1. The summed E-state index contributed by atoms with van der Waals surface area (Å²) in [7, 11) is 0. The first-order valence-electron chi connectivity index (χ1n) is 7.13. The van der Waals surface area contributed by atoms with E-state index in [0.717, 1.165) is 10.8 Å². The summed E-state index contributed by atoms with van der Waals surface area (Å²) in [5.41, 5.74) is 2.37. The second-order valence-corrected chi connectivity index (χ2v) is 4.78. The van der Waals surface area contributed by atoms with E-state index in [1.165, 1.54) is 11.1 Å². The van der Waals surface area contributed by atoms with E-state index >= 15 is 0 Å². The topological polar surface area (TPSA) is 57.5 Å². The van der Waals surface area contributed by atoms with Crippen molar-refractivity contribution in [3.63, 3.8) is 0 Å². The molecule has 0 aliphatic heterocycles. The average Bonchev–Trinajstić information content (AvgIpc) is 2.65. The molecule has 3 aromatic carbocycles. The molecule has 0 aliphatic rings. The van der Waals surface area contributed by atoms with E-state index in [4.69, 9.17) is 9.90 Å². The Morgan fingerprint density at radius 1 is 0.750 bits per heavy atom. The molecule has 24 heavy (non-hydrogen) atoms. The average molecular weight is 322 g/mol. The van der Waals surface area contributed by atoms with Crippen LogP contribution in [0.15, 0.2) is 60.7 Å². The van der Waals surface area contributed by atoms with Crippen molar-refractivity contribution in [2.45, 2.75) is 13.8 Å². The largest absolute Gasteiger partial charge is 0.508 e. The van der Waals surface area contributed by atoms with Crippen LogP contribution in [0.2, 0.25) is 0 Å². The van der Waals surface area contributed by atoms with Crippen LogP contribution in [-0.4, -0.2) is 17.0 Å². The molecule has 0 atom stereocenters. The summed E-state index contributed by atoms with van der Waals surface area (Å²) in [6.07, 6.45) is 8.00. The molecule has 0 aliphatic carbocycles. The lowest BCUT2D eigenvalue weighted by Gasteiger charge is -2.02. The van der Waals surface area contributed by atoms with Gasteiger partial charge in [0, 0.05) is 5.39 Å². The summed E-state index contributed by atoms with van der Waals surface area (Å²) in [6, 6.07) is 18.6. The molecular weight excluding hydrogens is 300 g/mol. The standard InChI is InChI=1S/C11H10O.C7H8O.C2H2.CH2O/c1-8-6-7-11(12)10-5-3-2-4-9(8)10;1-6-2-4-7(8)5-3-6;2*1-2/h2-7,12H,1H3;2-5,8H,1H3;1-2H;1H2. The third-order valence-electron chi connectivity index (χ3n) is 3.15. The normalized spacial score (nSPS) is 8.50. The van der Waals surface area contributed by atoms with Crippen LogP contribution in [0, 0.1) is 26.7 Å². The number of carbonyl (C=O) groups excluding carboxylic acids is 1. The number of phenols is 2. The lowest BCUT2D eigenvalue weighted by molar-refractivity contribution is -0.0979. The van der Waals surface area contributed by atoms with Gasteiger partial charge in [-0.2, -0.15) is 0 Å². The highest BCUT2D eigenvalue weighted by Gasteiger charge is 1.99. The van der Waals surface area contributed by atoms with E-state index in [1.807, 2.05) is 63.1 Å². The summed E-state index contributed by atoms with van der Waals surface area (Å²) < 4.78 is 0. The molecule has 0 aromatic heterocycles. The number of terminal acetylenes is 1. The number of rotatable bonds is 0. The van der Waals surface area contributed by atoms with Crippen LogP contribution in [0.3, 0.4) is 0 Å². The maximum Gasteiger partial charge on any atom is 0.123 e. The van der Waals surface area contributed by atoms with Crippen molar-refractivity contribution in [1.29, 1.82) is 0 Å². The van der Waals surface area contributed by atoms with Crippen molar-refractivity contribution in [1.82, 2.24) is 0 Å². The molecule has 0 saturated carbocycles. The molecule has 0 bridgehead atoms. The van der Waals surface area contributed by atoms with Crippen LogP contribution in [0.1, 0.15) is 11.1 Å². The van der Waals surface area contributed by atoms with Gasteiger partial charge in [-0.05, 0) is 43.0 Å². The van der Waals surface area contributed by atoms with Gasteiger partial charge in [-0.15, -0.1) is 12.8 Å². The van der Waals surface area contributed by atoms with Crippen molar-refractivity contribution in [3.8, 4) is 24.3 Å². The highest BCUT2D eigenvalue weighted by molar-refractivity contribution is 5.90. The number of phenolic OH excluding ortho intramolecular Hbond substituents is 2. The molecule has 124 valence electrons. The number of carbonyl (C=O) groups is 1. The fraction of sp³-hybridized carbons (Fsp3) is 0.0952. The Bertz CT molecular complexity index is 697. The lowest BCUT2D eigenvalue weighted by atomic mass is 10.1. The first-order chi connectivity index (χ1) is 11.6. The van der Waals surface area contributed by atoms with Gasteiger partial charge in [0.15, 0.2) is 0 Å². The molecule has 0 spiro atoms. The Labute approximate surface area is 143 Å². The number of hydrogen-bond acceptors (Lipinski definition) is 3. The van der Waals surface area contributed by atoms with Crippen LogP contribution in [0.5, 0.6) is 11.5 Å². The predicted octanol–water partition coefficient (Wildman–Crippen LogP) is 4.62. The zero-order valence-electron chi connectivity index (χ0n) is 13.9. The lowest BCUT2D eigenvalue weighted by Crippen LogP contribution is -1.77. The Morgan fingerprint density at radius 3 is 1.71 bits per heavy atom. The fourth-order valence-electron chi connectivity index (χ4n) is 1.98. The molecule has 0 heterocycles. The predicted molar refractivity (Wildman–Crippen MR) is 100 cm³/mol. The van der Waals surface area contributed by atoms with Gasteiger partial charge in [0.25, 0.3) is 0 Å². The fourth-order valence-corrected chi connectivity index (χ4v) is 1.98. The summed E-state index contributed by atoms with van der Waals surface area (Å²) in [5.74, 6) is 0.687. The van der Waals surface area contributed by atoms with E-state index < -0.39 is 0 Å². The van der Waals surface area contributed by atoms with Crippen molar-refractivity contribution >= 4 is 17.6 Å². The molecule has 0 saturated heterocycles. The summed E-state index contributed by atoms with van der Waals surface area (Å²) in [6.45, 7) is 6.03. The summed E-state index contributed by atoms with van der Waals surface area (Å²) >= 11 is 0. The molecule has 0 radical (unpaired) electrons. The van der Waals surface area contributed by atoms with Crippen LogP contribution in [0.4, 0.5) is 0 Å². The number of fused-ring (bicyclic) bond motifs is 1. The molecule has 0 fully saturated rings. The van der Waals surface area contributed by atoms with Crippen LogP contribution >= 0.6 is 0 Å². The number of aromatic hydroxyl groups is 2. The molecule has 3 aromatic rings. The minimum atomic E-state index is 0.329. The Balaban J connectivity index is 0.000000385. The summed E-state index contributed by atoms with van der Waals surface area (Å²) in [5, 5.41) is 20.3. The van der Waals surface area contributed by atoms with E-state index in [-0.39, 0.29) is 0 Å². The van der Waals surface area contributed by atoms with Gasteiger partial charge < -0.3 is 15.0 Å². The maximum atomic E-state index is 9.50. The highest BCUT2D eigenvalue weighted by Crippen LogP contribution is 2.26. The van der Waals surface area contributed by atoms with Crippen molar-refractivity contribution < 1.29 is 15.0 Å². The van der Waals surface area contributed by atoms with Gasteiger partial charge in [0.1, 0.15) is 18.3 Å². The maximum absolute atomic E-state index is 9.50. The van der Waals surface area contributed by atoms with Gasteiger partial charge in [0.05, 0.1) is 0 Å². The van der Waals surface area contributed by atoms with E-state index in [9.17, 15) is 5.11 Å². The van der Waals surface area contributed by atoms with E-state index in [2.05, 4.69) is 12.8 Å². The number of benzene rings is 3. The highest BCUT2D eigenvalue weighted by atomic mass is 16.3. The first kappa shape index (κ1) is 20.8. The van der Waals surface area contributed by atoms with Gasteiger partial charge in [-0.3, -0.25) is 0 Å². The molecule has 3 rings (SSSR count). The zero-order chi connectivity index (χ0) is 18.5. The number of aryl methyl sites for hydroxylation is 2. The van der Waals surface area contributed by atoms with Crippen molar-refractivity contribution in [2.75, 3.05) is 0 Å². The van der Waals surface area contributed by atoms with Crippen LogP contribution in [0.25, 0.3) is 10.8 Å². The van der Waals surface area contributed by atoms with Crippen molar-refractivity contribution in [3.05, 3.63) is 71.8 Å². The Morgan fingerprint density at radius 2 is 1.25 bits per heavy atom. The molecule has 3 nitrogen and oxygen atoms in total. The zero-order valence-corrected chi connectivity index (χ0v) is 13.9. The van der Waals surface area contributed by atoms with Crippen LogP contribution < -0.4 is 0 Å². The van der Waals surface area contributed by atoms with Gasteiger partial charge in [0.2, 0.25) is 0 Å². The molecule has 0 unspecified atom stereocenters. The van der Waals surface area contributed by atoms with Crippen molar-refractivity contribution in [2.24, 2.45) is 0 Å². The molecule has 3 heteroatoms. The quantitative estimate of drug-likeness (QED) is 0.594. The minimum absolute atomic E-state index is 0.329. The second kappa shape index (κ2) is 11.3. The molecular formula is C21H22O3. The monoisotopic (exact) mass is 322 g/mol. The van der Waals surface area contributed by atoms with Gasteiger partial charge in [-0.25, -0.2) is 0 Å². The minimum Gasteiger partial charge on any atom is -0.508 e. The summed E-state index contributed by atoms with van der Waals surface area (Å²) in [4.78, 5) is 8.00. The van der Waals surface area contributed by atoms with E-state index in [0.29, 0.717) is 11.5 Å². The number of hydrogen-bond donors (Lipinski definition) is 2. The third-order valence-corrected chi connectivity index (χ3v) is 3.15. The molecule has 2 N–H and O–H groups in total. The van der Waals surface area contributed by atoms with Crippen LogP contribution in [-0.2, 0) is 4.79 Å². The third kappa shape index (κ3) is 6.25. The first-order valence-corrected chi connectivity index (χ1v) is 7.13. The van der Waals surface area contributed by atoms with Gasteiger partial charge >= 0.3 is 0 Å². The van der Waals surface area contributed by atoms with Gasteiger partial charge in [-0.1, -0.05) is 48.0 Å². The molecule has 0 amide bonds.